The number of carbonyl (C=O) groups excluding carboxylic acids is 1. The van der Waals surface area contributed by atoms with Crippen LogP contribution in [0.3, 0.4) is 0 Å². The average molecular weight is 396 g/mol. The van der Waals surface area contributed by atoms with Crippen LogP contribution in [0.15, 0.2) is 34.3 Å². The van der Waals surface area contributed by atoms with Crippen molar-refractivity contribution in [1.29, 1.82) is 0 Å². The molecule has 9 heteroatoms. The number of nitrogens with one attached hydrogen (secondary N) is 1. The van der Waals surface area contributed by atoms with Gasteiger partial charge in [0.05, 0.1) is 24.0 Å². The molecule has 1 aliphatic rings. The van der Waals surface area contributed by atoms with Crippen molar-refractivity contribution in [3.63, 3.8) is 0 Å². The largest absolute Gasteiger partial charge is 0.379 e. The summed E-state index contributed by atoms with van der Waals surface area (Å²) >= 11 is 1.29. The molecule has 0 spiro atoms. The Morgan fingerprint density at radius 3 is 2.62 bits per heavy atom. The Labute approximate surface area is 157 Å². The van der Waals surface area contributed by atoms with E-state index in [-0.39, 0.29) is 16.4 Å². The third-order valence-corrected chi connectivity index (χ3v) is 6.94. The first-order chi connectivity index (χ1) is 12.4. The van der Waals surface area contributed by atoms with Gasteiger partial charge in [-0.05, 0) is 32.0 Å². The quantitative estimate of drug-likeness (QED) is 0.594. The summed E-state index contributed by atoms with van der Waals surface area (Å²) in [5, 5.41) is 0.615. The summed E-state index contributed by atoms with van der Waals surface area (Å²) < 4.78 is 31.7. The van der Waals surface area contributed by atoms with Gasteiger partial charge in [0.15, 0.2) is 5.78 Å². The number of sulfonamides is 1. The zero-order valence-electron chi connectivity index (χ0n) is 14.7. The van der Waals surface area contributed by atoms with Crippen LogP contribution in [-0.2, 0) is 14.8 Å². The van der Waals surface area contributed by atoms with Crippen molar-refractivity contribution in [3.05, 3.63) is 41.3 Å². The number of H-pyrrole nitrogens is 1. The number of aromatic nitrogens is 2. The third kappa shape index (κ3) is 4.17. The molecule has 0 saturated carbocycles. The molecule has 0 aliphatic carbocycles. The SMILES string of the molecule is Cc1cc(C(=O)CSc2ccc(S(=O)(=O)N3CCOCC3)cn2)c(C)[nH]1. The zero-order chi connectivity index (χ0) is 18.7. The molecule has 1 N–H and O–H groups in total. The van der Waals surface area contributed by atoms with Gasteiger partial charge in [-0.3, -0.25) is 4.79 Å². The van der Waals surface area contributed by atoms with E-state index in [1.807, 2.05) is 19.9 Å². The molecule has 0 bridgehead atoms. The Bertz CT molecular complexity index is 885. The Morgan fingerprint density at radius 1 is 1.31 bits per heavy atom. The number of morpholine rings is 1. The highest BCUT2D eigenvalue weighted by Gasteiger charge is 2.26. The molecule has 2 aromatic heterocycles. The summed E-state index contributed by atoms with van der Waals surface area (Å²) in [5.41, 5.74) is 2.49. The highest BCUT2D eigenvalue weighted by Crippen LogP contribution is 2.22. The van der Waals surface area contributed by atoms with E-state index in [0.29, 0.717) is 36.9 Å². The van der Waals surface area contributed by atoms with E-state index in [1.165, 1.54) is 28.3 Å². The molecule has 7 nitrogen and oxygen atoms in total. The number of aryl methyl sites for hydroxylation is 2. The Kier molecular flexibility index (Phi) is 5.81. The lowest BCUT2D eigenvalue weighted by Crippen LogP contribution is -2.40. The fourth-order valence-electron chi connectivity index (χ4n) is 2.77. The lowest BCUT2D eigenvalue weighted by atomic mass is 10.2. The number of thioether (sulfide) groups is 1. The molecule has 0 radical (unpaired) electrons. The molecule has 2 aromatic rings. The highest BCUT2D eigenvalue weighted by atomic mass is 32.2. The number of aromatic amines is 1. The van der Waals surface area contributed by atoms with Crippen molar-refractivity contribution in [2.45, 2.75) is 23.8 Å². The molecule has 26 heavy (non-hydrogen) atoms. The van der Waals surface area contributed by atoms with E-state index < -0.39 is 10.0 Å². The number of hydrogen-bond acceptors (Lipinski definition) is 6. The first-order valence-corrected chi connectivity index (χ1v) is 10.7. The minimum Gasteiger partial charge on any atom is -0.379 e. The van der Waals surface area contributed by atoms with Gasteiger partial charge in [-0.2, -0.15) is 4.31 Å². The maximum absolute atomic E-state index is 12.6. The summed E-state index contributed by atoms with van der Waals surface area (Å²) in [4.78, 5) is 19.8. The standard InChI is InChI=1S/C17H21N3O4S2/c1-12-9-15(13(2)19-12)16(21)11-25-17-4-3-14(10-18-17)26(22,23)20-5-7-24-8-6-20/h3-4,9-10,19H,5-8,11H2,1-2H3. The number of nitrogens with zero attached hydrogens (tertiary/aromatic N) is 2. The van der Waals surface area contributed by atoms with Crippen LogP contribution < -0.4 is 0 Å². The van der Waals surface area contributed by atoms with E-state index in [0.717, 1.165) is 11.4 Å². The number of ketones is 1. The lowest BCUT2D eigenvalue weighted by Gasteiger charge is -2.25. The Morgan fingerprint density at radius 2 is 2.04 bits per heavy atom. The van der Waals surface area contributed by atoms with Crippen LogP contribution in [0.2, 0.25) is 0 Å². The van der Waals surface area contributed by atoms with Crippen LogP contribution in [0, 0.1) is 13.8 Å². The van der Waals surface area contributed by atoms with Crippen LogP contribution in [-0.4, -0.2) is 60.5 Å². The lowest BCUT2D eigenvalue weighted by molar-refractivity contribution is 0.0730. The van der Waals surface area contributed by atoms with Crippen LogP contribution in [0.25, 0.3) is 0 Å². The zero-order valence-corrected chi connectivity index (χ0v) is 16.3. The van der Waals surface area contributed by atoms with Crippen LogP contribution in [0.4, 0.5) is 0 Å². The van der Waals surface area contributed by atoms with Crippen molar-refractivity contribution in [3.8, 4) is 0 Å². The Balaban J connectivity index is 1.64. The van der Waals surface area contributed by atoms with Crippen molar-refractivity contribution >= 4 is 27.6 Å². The maximum Gasteiger partial charge on any atom is 0.244 e. The highest BCUT2D eigenvalue weighted by molar-refractivity contribution is 7.99. The molecular weight excluding hydrogens is 374 g/mol. The van der Waals surface area contributed by atoms with E-state index in [2.05, 4.69) is 9.97 Å². The molecule has 1 aliphatic heterocycles. The number of pyridine rings is 1. The first kappa shape index (κ1) is 19.1. The van der Waals surface area contributed by atoms with Crippen LogP contribution in [0.1, 0.15) is 21.7 Å². The molecule has 3 rings (SSSR count). The minimum atomic E-state index is -3.55. The molecule has 140 valence electrons. The summed E-state index contributed by atoms with van der Waals surface area (Å²) in [5.74, 6) is 0.268. The first-order valence-electron chi connectivity index (χ1n) is 8.24. The number of hydrogen-bond donors (Lipinski definition) is 1. The number of Topliss-reactive ketones (excluding diaryl/α,β-unsaturated/α-hetero) is 1. The molecule has 1 fully saturated rings. The van der Waals surface area contributed by atoms with Crippen molar-refractivity contribution in [1.82, 2.24) is 14.3 Å². The molecule has 1 saturated heterocycles. The van der Waals surface area contributed by atoms with Gasteiger partial charge >= 0.3 is 0 Å². The minimum absolute atomic E-state index is 0.0173. The summed E-state index contributed by atoms with van der Waals surface area (Å²) in [6.07, 6.45) is 1.35. The number of carbonyl (C=O) groups is 1. The van der Waals surface area contributed by atoms with Crippen LogP contribution >= 0.6 is 11.8 Å². The average Bonchev–Trinajstić information content (AvgIpc) is 2.99. The summed E-state index contributed by atoms with van der Waals surface area (Å²) in [6, 6.07) is 5.01. The molecule has 0 atom stereocenters. The second-order valence-electron chi connectivity index (χ2n) is 6.05. The maximum atomic E-state index is 12.6. The molecular formula is C17H21N3O4S2. The molecule has 0 amide bonds. The predicted octanol–water partition coefficient (Wildman–Crippen LogP) is 2.02. The van der Waals surface area contributed by atoms with E-state index in [9.17, 15) is 13.2 Å². The number of rotatable bonds is 6. The van der Waals surface area contributed by atoms with Gasteiger partial charge < -0.3 is 9.72 Å². The van der Waals surface area contributed by atoms with Gasteiger partial charge in [0.25, 0.3) is 0 Å². The Hall–Kier alpha value is -1.68. The van der Waals surface area contributed by atoms with Gasteiger partial charge in [0, 0.05) is 36.2 Å². The number of ether oxygens (including phenoxy) is 1. The second-order valence-corrected chi connectivity index (χ2v) is 8.99. The predicted molar refractivity (Wildman–Crippen MR) is 99.1 cm³/mol. The second kappa shape index (κ2) is 7.91. The van der Waals surface area contributed by atoms with E-state index in [1.54, 1.807) is 6.07 Å². The normalized spacial score (nSPS) is 15.9. The van der Waals surface area contributed by atoms with Gasteiger partial charge in [-0.15, -0.1) is 0 Å². The molecule has 3 heterocycles. The fraction of sp³-hybridized carbons (Fsp3) is 0.412. The van der Waals surface area contributed by atoms with Crippen LogP contribution in [0.5, 0.6) is 0 Å². The summed E-state index contributed by atoms with van der Waals surface area (Å²) in [7, 11) is -3.55. The van der Waals surface area contributed by atoms with Crippen molar-refractivity contribution in [2.75, 3.05) is 32.1 Å². The smallest absolute Gasteiger partial charge is 0.244 e. The van der Waals surface area contributed by atoms with Gasteiger partial charge in [-0.1, -0.05) is 11.8 Å². The van der Waals surface area contributed by atoms with E-state index >= 15 is 0 Å². The van der Waals surface area contributed by atoms with Crippen molar-refractivity contribution in [2.24, 2.45) is 0 Å². The van der Waals surface area contributed by atoms with Gasteiger partial charge in [0.2, 0.25) is 10.0 Å². The van der Waals surface area contributed by atoms with E-state index in [4.69, 9.17) is 4.74 Å². The van der Waals surface area contributed by atoms with Crippen molar-refractivity contribution < 1.29 is 17.9 Å². The fourth-order valence-corrected chi connectivity index (χ4v) is 4.85. The summed E-state index contributed by atoms with van der Waals surface area (Å²) in [6.45, 7) is 5.29. The third-order valence-electron chi connectivity index (χ3n) is 4.12. The van der Waals surface area contributed by atoms with Gasteiger partial charge in [0.1, 0.15) is 4.90 Å². The molecule has 0 aromatic carbocycles. The topological polar surface area (TPSA) is 92.4 Å². The monoisotopic (exact) mass is 395 g/mol. The van der Waals surface area contributed by atoms with Gasteiger partial charge in [-0.25, -0.2) is 13.4 Å². The molecule has 0 unspecified atom stereocenters.